The van der Waals surface area contributed by atoms with Crippen molar-refractivity contribution in [2.75, 3.05) is 11.9 Å². The second kappa shape index (κ2) is 5.94. The van der Waals surface area contributed by atoms with E-state index in [-0.39, 0.29) is 12.2 Å². The molecule has 0 bridgehead atoms. The quantitative estimate of drug-likeness (QED) is 0.605. The first-order valence-electron chi connectivity index (χ1n) is 5.69. The molecular formula is C11H9FN4O5. The minimum absolute atomic E-state index is 0.0951. The molecule has 0 aliphatic carbocycles. The molecule has 9 nitrogen and oxygen atoms in total. The van der Waals surface area contributed by atoms with Crippen LogP contribution in [0.25, 0.3) is 0 Å². The topological polar surface area (TPSA) is 131 Å². The van der Waals surface area contributed by atoms with Gasteiger partial charge in [0, 0.05) is 13.0 Å². The second-order valence-corrected chi connectivity index (χ2v) is 3.94. The molecule has 0 unspecified atom stereocenters. The third kappa shape index (κ3) is 3.29. The first-order chi connectivity index (χ1) is 9.99. The predicted octanol–water partition coefficient (Wildman–Crippen LogP) is 1.47. The molecule has 21 heavy (non-hydrogen) atoms. The van der Waals surface area contributed by atoms with Crippen molar-refractivity contribution >= 4 is 17.3 Å². The summed E-state index contributed by atoms with van der Waals surface area (Å²) in [4.78, 5) is 24.7. The van der Waals surface area contributed by atoms with Gasteiger partial charge in [-0.05, 0) is 6.07 Å². The van der Waals surface area contributed by atoms with Crippen molar-refractivity contribution in [3.8, 4) is 0 Å². The van der Waals surface area contributed by atoms with E-state index in [1.54, 1.807) is 0 Å². The Hall–Kier alpha value is -3.04. The van der Waals surface area contributed by atoms with E-state index in [1.807, 2.05) is 0 Å². The molecule has 10 heteroatoms. The number of aromatic carboxylic acids is 1. The van der Waals surface area contributed by atoms with Crippen molar-refractivity contribution in [3.63, 3.8) is 0 Å². The molecule has 110 valence electrons. The number of nitro groups is 1. The van der Waals surface area contributed by atoms with Gasteiger partial charge in [0.15, 0.2) is 5.82 Å². The van der Waals surface area contributed by atoms with E-state index in [9.17, 15) is 19.3 Å². The van der Waals surface area contributed by atoms with Gasteiger partial charge in [0.05, 0.1) is 16.6 Å². The van der Waals surface area contributed by atoms with Crippen LogP contribution in [0, 0.1) is 15.9 Å². The monoisotopic (exact) mass is 296 g/mol. The average Bonchev–Trinajstić information content (AvgIpc) is 2.92. The van der Waals surface area contributed by atoms with Crippen molar-refractivity contribution in [2.24, 2.45) is 0 Å². The number of carboxylic acid groups (broad SMARTS) is 1. The molecule has 0 atom stereocenters. The number of anilines is 1. The van der Waals surface area contributed by atoms with Crippen LogP contribution < -0.4 is 5.32 Å². The summed E-state index contributed by atoms with van der Waals surface area (Å²) in [5, 5.41) is 25.9. The standard InChI is InChI=1S/C11H9FN4O5/c12-7-4-9(16(19)20)8(3-6(7)11(17)18)13-2-1-10-14-5-21-15-10/h3-5,13H,1-2H2,(H,17,18). The lowest BCUT2D eigenvalue weighted by Gasteiger charge is -2.07. The van der Waals surface area contributed by atoms with Gasteiger partial charge >= 0.3 is 5.97 Å². The summed E-state index contributed by atoms with van der Waals surface area (Å²) in [5.41, 5.74) is -1.30. The fourth-order valence-corrected chi connectivity index (χ4v) is 1.63. The molecule has 0 aliphatic heterocycles. The highest BCUT2D eigenvalue weighted by molar-refractivity contribution is 5.90. The Kier molecular flexibility index (Phi) is 4.07. The summed E-state index contributed by atoms with van der Waals surface area (Å²) < 4.78 is 18.0. The summed E-state index contributed by atoms with van der Waals surface area (Å²) in [6, 6.07) is 1.45. The number of nitrogens with zero attached hydrogens (tertiary/aromatic N) is 3. The summed E-state index contributed by atoms with van der Waals surface area (Å²) in [6.45, 7) is 0.186. The van der Waals surface area contributed by atoms with E-state index in [2.05, 4.69) is 20.0 Å². The van der Waals surface area contributed by atoms with E-state index in [1.165, 1.54) is 0 Å². The van der Waals surface area contributed by atoms with Gasteiger partial charge in [0.2, 0.25) is 6.39 Å². The zero-order chi connectivity index (χ0) is 15.4. The van der Waals surface area contributed by atoms with Gasteiger partial charge in [-0.15, -0.1) is 0 Å². The number of halogens is 1. The highest BCUT2D eigenvalue weighted by Crippen LogP contribution is 2.27. The SMILES string of the molecule is O=C(O)c1cc(NCCc2ncon2)c([N+](=O)[O-])cc1F. The lowest BCUT2D eigenvalue weighted by atomic mass is 10.1. The smallest absolute Gasteiger partial charge is 0.338 e. The minimum Gasteiger partial charge on any atom is -0.478 e. The number of nitro benzene ring substituents is 1. The summed E-state index contributed by atoms with van der Waals surface area (Å²) >= 11 is 0. The molecule has 1 aromatic heterocycles. The first kappa shape index (κ1) is 14.4. The molecule has 0 saturated heterocycles. The van der Waals surface area contributed by atoms with Crippen molar-refractivity contribution in [1.29, 1.82) is 0 Å². The lowest BCUT2D eigenvalue weighted by molar-refractivity contribution is -0.384. The number of benzene rings is 1. The molecule has 1 heterocycles. The van der Waals surface area contributed by atoms with Crippen LogP contribution in [0.4, 0.5) is 15.8 Å². The van der Waals surface area contributed by atoms with Crippen LogP contribution in [0.5, 0.6) is 0 Å². The van der Waals surface area contributed by atoms with Crippen LogP contribution in [0.15, 0.2) is 23.0 Å². The Labute approximate surface area is 116 Å². The highest BCUT2D eigenvalue weighted by Gasteiger charge is 2.21. The molecule has 0 amide bonds. The van der Waals surface area contributed by atoms with Gasteiger partial charge < -0.3 is 14.9 Å². The molecule has 1 aromatic carbocycles. The molecular weight excluding hydrogens is 287 g/mol. The van der Waals surface area contributed by atoms with Crippen LogP contribution >= 0.6 is 0 Å². The number of carboxylic acids is 1. The fourth-order valence-electron chi connectivity index (χ4n) is 1.63. The Morgan fingerprint density at radius 3 is 2.86 bits per heavy atom. The largest absolute Gasteiger partial charge is 0.478 e. The third-order valence-corrected chi connectivity index (χ3v) is 2.58. The number of carbonyl (C=O) groups is 1. The summed E-state index contributed by atoms with van der Waals surface area (Å²) in [7, 11) is 0. The van der Waals surface area contributed by atoms with Gasteiger partial charge in [0.1, 0.15) is 11.5 Å². The predicted molar refractivity (Wildman–Crippen MR) is 66.5 cm³/mol. The average molecular weight is 296 g/mol. The van der Waals surface area contributed by atoms with Crippen LogP contribution in [0.1, 0.15) is 16.2 Å². The summed E-state index contributed by atoms with van der Waals surface area (Å²) in [5.74, 6) is -2.30. The third-order valence-electron chi connectivity index (χ3n) is 2.58. The second-order valence-electron chi connectivity index (χ2n) is 3.94. The van der Waals surface area contributed by atoms with E-state index < -0.39 is 28.0 Å². The zero-order valence-electron chi connectivity index (χ0n) is 10.4. The van der Waals surface area contributed by atoms with E-state index in [0.717, 1.165) is 12.5 Å². The molecule has 0 spiro atoms. The minimum atomic E-state index is -1.51. The van der Waals surface area contributed by atoms with Gasteiger partial charge in [-0.25, -0.2) is 9.18 Å². The van der Waals surface area contributed by atoms with Crippen LogP contribution in [-0.2, 0) is 6.42 Å². The Balaban J connectivity index is 2.21. The number of hydrogen-bond donors (Lipinski definition) is 2. The van der Waals surface area contributed by atoms with Gasteiger partial charge in [0.25, 0.3) is 5.69 Å². The van der Waals surface area contributed by atoms with Crippen molar-refractivity contribution in [3.05, 3.63) is 45.8 Å². The van der Waals surface area contributed by atoms with Crippen molar-refractivity contribution < 1.29 is 23.7 Å². The maximum Gasteiger partial charge on any atom is 0.338 e. The van der Waals surface area contributed by atoms with E-state index >= 15 is 0 Å². The lowest BCUT2D eigenvalue weighted by Crippen LogP contribution is -2.10. The van der Waals surface area contributed by atoms with Crippen molar-refractivity contribution in [1.82, 2.24) is 10.1 Å². The number of hydrogen-bond acceptors (Lipinski definition) is 7. The Morgan fingerprint density at radius 1 is 1.52 bits per heavy atom. The molecule has 0 saturated carbocycles. The number of rotatable bonds is 6. The molecule has 2 N–H and O–H groups in total. The zero-order valence-corrected chi connectivity index (χ0v) is 10.4. The molecule has 0 fully saturated rings. The summed E-state index contributed by atoms with van der Waals surface area (Å²) in [6.07, 6.45) is 1.44. The van der Waals surface area contributed by atoms with E-state index in [4.69, 9.17) is 5.11 Å². The first-order valence-corrected chi connectivity index (χ1v) is 5.69. The van der Waals surface area contributed by atoms with Crippen LogP contribution in [-0.4, -0.2) is 32.7 Å². The van der Waals surface area contributed by atoms with Gasteiger partial charge in [-0.1, -0.05) is 5.16 Å². The number of aromatic nitrogens is 2. The maximum absolute atomic E-state index is 13.4. The van der Waals surface area contributed by atoms with Gasteiger partial charge in [-0.2, -0.15) is 4.98 Å². The normalized spacial score (nSPS) is 10.3. The Bertz CT molecular complexity index is 674. The highest BCUT2D eigenvalue weighted by atomic mass is 19.1. The molecule has 0 aliphatic rings. The van der Waals surface area contributed by atoms with E-state index in [0.29, 0.717) is 18.3 Å². The van der Waals surface area contributed by atoms with Crippen LogP contribution in [0.3, 0.4) is 0 Å². The molecule has 2 aromatic rings. The number of nitrogens with one attached hydrogen (secondary N) is 1. The van der Waals surface area contributed by atoms with Crippen LogP contribution in [0.2, 0.25) is 0 Å². The molecule has 2 rings (SSSR count). The van der Waals surface area contributed by atoms with Crippen molar-refractivity contribution in [2.45, 2.75) is 6.42 Å². The fraction of sp³-hybridized carbons (Fsp3) is 0.182. The maximum atomic E-state index is 13.4. The Morgan fingerprint density at radius 2 is 2.29 bits per heavy atom. The van der Waals surface area contributed by atoms with Gasteiger partial charge in [-0.3, -0.25) is 10.1 Å². The molecule has 0 radical (unpaired) electrons.